The van der Waals surface area contributed by atoms with Gasteiger partial charge in [-0.3, -0.25) is 9.59 Å². The number of aliphatic carboxylic acids is 1. The van der Waals surface area contributed by atoms with E-state index in [0.717, 1.165) is 0 Å². The second-order valence-electron chi connectivity index (χ2n) is 3.27. The molecule has 2 N–H and O–H groups in total. The molecule has 0 radical (unpaired) electrons. The normalized spacial score (nSPS) is 10.4. The molecule has 0 aromatic carbocycles. The highest BCUT2D eigenvalue weighted by Gasteiger charge is 2.19. The molecule has 7 nitrogen and oxygen atoms in total. The Kier molecular flexibility index (Phi) is 15.2. The van der Waals surface area contributed by atoms with Crippen molar-refractivity contribution in [2.45, 2.75) is 47.1 Å². The zero-order valence-corrected chi connectivity index (χ0v) is 9.55. The van der Waals surface area contributed by atoms with E-state index in [1.54, 1.807) is 0 Å². The smallest absolute Gasteiger partial charge is 0.347 e. The Morgan fingerprint density at radius 3 is 2.21 bits per heavy atom. The molecule has 0 aliphatic heterocycles. The summed E-state index contributed by atoms with van der Waals surface area (Å²) in [5.41, 5.74) is 0. The molecule has 0 amide bonds. The molecular formula is C12H24O7. The van der Waals surface area contributed by atoms with Crippen LogP contribution in [-0.2, 0) is 23.9 Å². The Bertz CT molecular complexity index is 275. The predicted molar refractivity (Wildman–Crippen MR) is 68.5 cm³/mol. The van der Waals surface area contributed by atoms with Gasteiger partial charge in [-0.2, -0.15) is 0 Å². The van der Waals surface area contributed by atoms with Crippen molar-refractivity contribution < 1.29 is 34.1 Å². The SMILES string of the molecule is C.C.CC(OC(=O)CCC(=O)O)C(=O)OCCCO. The Morgan fingerprint density at radius 1 is 1.16 bits per heavy atom. The van der Waals surface area contributed by atoms with Crippen LogP contribution >= 0.6 is 0 Å². The maximum Gasteiger partial charge on any atom is 0.347 e. The number of aliphatic hydroxyl groups is 1. The van der Waals surface area contributed by atoms with Gasteiger partial charge in [0.15, 0.2) is 6.10 Å². The lowest BCUT2D eigenvalue weighted by atomic mass is 10.3. The van der Waals surface area contributed by atoms with Crippen LogP contribution in [0.25, 0.3) is 0 Å². The minimum atomic E-state index is -1.11. The minimum absolute atomic E-state index is 0. The number of carboxylic acids is 1. The second kappa shape index (κ2) is 12.8. The first-order chi connectivity index (χ1) is 7.97. The number of carboxylic acid groups (broad SMARTS) is 1. The highest BCUT2D eigenvalue weighted by molar-refractivity contribution is 5.81. The van der Waals surface area contributed by atoms with E-state index in [-0.39, 0.29) is 40.9 Å². The van der Waals surface area contributed by atoms with Crippen LogP contribution in [0.2, 0.25) is 0 Å². The molecule has 7 heteroatoms. The standard InChI is InChI=1S/C10H16O7.2CH4/c1-7(10(15)16-6-2-5-11)17-9(14)4-3-8(12)13;;/h7,11H,2-6H2,1H3,(H,12,13);2*1H4. The number of hydrogen-bond donors (Lipinski definition) is 2. The lowest BCUT2D eigenvalue weighted by Crippen LogP contribution is -2.27. The molecular weight excluding hydrogens is 256 g/mol. The van der Waals surface area contributed by atoms with Crippen molar-refractivity contribution in [2.75, 3.05) is 13.2 Å². The van der Waals surface area contributed by atoms with Crippen molar-refractivity contribution >= 4 is 17.9 Å². The first kappa shape index (κ1) is 22.5. The van der Waals surface area contributed by atoms with E-state index in [0.29, 0.717) is 6.42 Å². The van der Waals surface area contributed by atoms with Gasteiger partial charge in [-0.1, -0.05) is 14.9 Å². The summed E-state index contributed by atoms with van der Waals surface area (Å²) in [6.07, 6.45) is -1.39. The monoisotopic (exact) mass is 280 g/mol. The molecule has 0 saturated carbocycles. The van der Waals surface area contributed by atoms with Crippen molar-refractivity contribution in [3.63, 3.8) is 0 Å². The van der Waals surface area contributed by atoms with Crippen LogP contribution in [0.4, 0.5) is 0 Å². The second-order valence-corrected chi connectivity index (χ2v) is 3.27. The van der Waals surface area contributed by atoms with Crippen molar-refractivity contribution in [1.82, 2.24) is 0 Å². The van der Waals surface area contributed by atoms with E-state index in [2.05, 4.69) is 9.47 Å². The van der Waals surface area contributed by atoms with E-state index < -0.39 is 24.0 Å². The van der Waals surface area contributed by atoms with Gasteiger partial charge in [-0.05, 0) is 6.92 Å². The highest BCUT2D eigenvalue weighted by Crippen LogP contribution is 2.00. The van der Waals surface area contributed by atoms with Crippen LogP contribution in [0.1, 0.15) is 41.0 Å². The zero-order chi connectivity index (χ0) is 13.3. The van der Waals surface area contributed by atoms with E-state index in [1.807, 2.05) is 0 Å². The van der Waals surface area contributed by atoms with Crippen LogP contribution in [-0.4, -0.2) is 47.4 Å². The largest absolute Gasteiger partial charge is 0.481 e. The van der Waals surface area contributed by atoms with Gasteiger partial charge >= 0.3 is 17.9 Å². The molecule has 0 aliphatic rings. The van der Waals surface area contributed by atoms with Crippen LogP contribution in [0.5, 0.6) is 0 Å². The summed E-state index contributed by atoms with van der Waals surface area (Å²) in [7, 11) is 0. The maximum absolute atomic E-state index is 11.2. The molecule has 0 aromatic rings. The first-order valence-electron chi connectivity index (χ1n) is 5.16. The number of aliphatic hydroxyl groups excluding tert-OH is 1. The highest BCUT2D eigenvalue weighted by atomic mass is 16.6. The van der Waals surface area contributed by atoms with Gasteiger partial charge in [-0.25, -0.2) is 4.79 Å². The molecule has 0 aliphatic carbocycles. The Morgan fingerprint density at radius 2 is 1.74 bits per heavy atom. The number of carbonyl (C=O) groups is 3. The van der Waals surface area contributed by atoms with Gasteiger partial charge in [0, 0.05) is 13.0 Å². The molecule has 0 aromatic heterocycles. The van der Waals surface area contributed by atoms with Gasteiger partial charge < -0.3 is 19.7 Å². The zero-order valence-electron chi connectivity index (χ0n) is 9.55. The molecule has 0 rings (SSSR count). The average molecular weight is 280 g/mol. The molecule has 0 fully saturated rings. The summed E-state index contributed by atoms with van der Waals surface area (Å²) >= 11 is 0. The summed E-state index contributed by atoms with van der Waals surface area (Å²) in [4.78, 5) is 32.4. The van der Waals surface area contributed by atoms with E-state index in [9.17, 15) is 14.4 Å². The van der Waals surface area contributed by atoms with Gasteiger partial charge in [-0.15, -0.1) is 0 Å². The summed E-state index contributed by atoms with van der Waals surface area (Å²) in [6.45, 7) is 1.28. The van der Waals surface area contributed by atoms with Crippen molar-refractivity contribution in [1.29, 1.82) is 0 Å². The maximum atomic E-state index is 11.2. The predicted octanol–water partition coefficient (Wildman–Crippen LogP) is 0.981. The molecule has 1 unspecified atom stereocenters. The molecule has 0 heterocycles. The van der Waals surface area contributed by atoms with E-state index >= 15 is 0 Å². The van der Waals surface area contributed by atoms with Gasteiger partial charge in [0.2, 0.25) is 0 Å². The van der Waals surface area contributed by atoms with Crippen molar-refractivity contribution in [2.24, 2.45) is 0 Å². The molecule has 1 atom stereocenters. The van der Waals surface area contributed by atoms with Gasteiger partial charge in [0.25, 0.3) is 0 Å². The number of esters is 2. The summed E-state index contributed by atoms with van der Waals surface area (Å²) in [5.74, 6) is -2.60. The molecule has 0 saturated heterocycles. The van der Waals surface area contributed by atoms with Gasteiger partial charge in [0.1, 0.15) is 0 Å². The summed E-state index contributed by atoms with van der Waals surface area (Å²) in [5, 5.41) is 16.8. The van der Waals surface area contributed by atoms with Crippen LogP contribution < -0.4 is 0 Å². The number of hydrogen-bond acceptors (Lipinski definition) is 6. The molecule has 19 heavy (non-hydrogen) atoms. The van der Waals surface area contributed by atoms with Crippen molar-refractivity contribution in [3.8, 4) is 0 Å². The number of rotatable bonds is 8. The third-order valence-corrected chi connectivity index (χ3v) is 1.73. The average Bonchev–Trinajstić information content (AvgIpc) is 2.26. The Hall–Kier alpha value is -1.63. The van der Waals surface area contributed by atoms with Gasteiger partial charge in [0.05, 0.1) is 19.4 Å². The third-order valence-electron chi connectivity index (χ3n) is 1.73. The molecule has 114 valence electrons. The third kappa shape index (κ3) is 12.6. The van der Waals surface area contributed by atoms with Crippen LogP contribution in [0.3, 0.4) is 0 Å². The number of carbonyl (C=O) groups excluding carboxylic acids is 2. The summed E-state index contributed by atoms with van der Waals surface area (Å²) in [6, 6.07) is 0. The fourth-order valence-corrected chi connectivity index (χ4v) is 0.868. The van der Waals surface area contributed by atoms with Crippen molar-refractivity contribution in [3.05, 3.63) is 0 Å². The molecule has 0 spiro atoms. The first-order valence-corrected chi connectivity index (χ1v) is 5.16. The minimum Gasteiger partial charge on any atom is -0.481 e. The fourth-order valence-electron chi connectivity index (χ4n) is 0.868. The lowest BCUT2D eigenvalue weighted by Gasteiger charge is -2.12. The van der Waals surface area contributed by atoms with Crippen LogP contribution in [0.15, 0.2) is 0 Å². The Labute approximate surface area is 113 Å². The van der Waals surface area contributed by atoms with Crippen LogP contribution in [0, 0.1) is 0 Å². The quantitative estimate of drug-likeness (QED) is 0.503. The Balaban J connectivity index is -0.00000128. The lowest BCUT2D eigenvalue weighted by molar-refractivity contribution is -0.167. The van der Waals surface area contributed by atoms with E-state index in [4.69, 9.17) is 10.2 Å². The fraction of sp³-hybridized carbons (Fsp3) is 0.750. The molecule has 0 bridgehead atoms. The summed E-state index contributed by atoms with van der Waals surface area (Å²) < 4.78 is 9.33. The topological polar surface area (TPSA) is 110 Å². The number of ether oxygens (including phenoxy) is 2. The van der Waals surface area contributed by atoms with E-state index in [1.165, 1.54) is 6.92 Å².